The van der Waals surface area contributed by atoms with E-state index in [0.29, 0.717) is 23.0 Å². The molecule has 0 fully saturated rings. The van der Waals surface area contributed by atoms with E-state index in [4.69, 9.17) is 28.9 Å². The lowest BCUT2D eigenvalue weighted by Gasteiger charge is -2.13. The van der Waals surface area contributed by atoms with E-state index in [9.17, 15) is 4.79 Å². The number of rotatable bonds is 6. The van der Waals surface area contributed by atoms with Crippen molar-refractivity contribution in [1.29, 1.82) is 0 Å². The van der Waals surface area contributed by atoms with Crippen LogP contribution in [-0.4, -0.2) is 23.5 Å². The molecule has 0 radical (unpaired) electrons. The second-order valence-electron chi connectivity index (χ2n) is 5.95. The smallest absolute Gasteiger partial charge is 0.237 e. The van der Waals surface area contributed by atoms with Gasteiger partial charge in [0, 0.05) is 33.7 Å². The fourth-order valence-electron chi connectivity index (χ4n) is 2.81. The second-order valence-corrected chi connectivity index (χ2v) is 6.79. The number of aromatic amines is 1. The number of hydrogen-bond donors (Lipinski definition) is 3. The van der Waals surface area contributed by atoms with E-state index >= 15 is 0 Å². The molecule has 26 heavy (non-hydrogen) atoms. The summed E-state index contributed by atoms with van der Waals surface area (Å²) in [5, 5.41) is 5.15. The van der Waals surface area contributed by atoms with Gasteiger partial charge in [-0.15, -0.1) is 12.4 Å². The van der Waals surface area contributed by atoms with Crippen molar-refractivity contribution in [3.05, 3.63) is 69.8 Å². The molecule has 0 unspecified atom stereocenters. The first-order chi connectivity index (χ1) is 12.0. The lowest BCUT2D eigenvalue weighted by Crippen LogP contribution is -2.42. The third-order valence-electron chi connectivity index (χ3n) is 4.16. The van der Waals surface area contributed by atoms with Crippen LogP contribution in [0.15, 0.2) is 48.7 Å². The van der Waals surface area contributed by atoms with Gasteiger partial charge in [-0.25, -0.2) is 0 Å². The summed E-state index contributed by atoms with van der Waals surface area (Å²) in [7, 11) is 0. The van der Waals surface area contributed by atoms with Gasteiger partial charge < -0.3 is 16.0 Å². The second kappa shape index (κ2) is 9.28. The van der Waals surface area contributed by atoms with Crippen molar-refractivity contribution >= 4 is 52.4 Å². The number of benzene rings is 2. The molecule has 138 valence electrons. The Balaban J connectivity index is 0.00000243. The van der Waals surface area contributed by atoms with Crippen molar-refractivity contribution < 1.29 is 4.79 Å². The minimum atomic E-state index is -0.651. The van der Waals surface area contributed by atoms with Crippen LogP contribution in [0.2, 0.25) is 10.0 Å². The molecule has 3 rings (SSSR count). The minimum Gasteiger partial charge on any atom is -0.361 e. The summed E-state index contributed by atoms with van der Waals surface area (Å²) >= 11 is 12.0. The van der Waals surface area contributed by atoms with E-state index in [2.05, 4.69) is 16.4 Å². The van der Waals surface area contributed by atoms with Gasteiger partial charge >= 0.3 is 0 Å². The Hall–Kier alpha value is -1.72. The zero-order valence-electron chi connectivity index (χ0n) is 14.0. The lowest BCUT2D eigenvalue weighted by molar-refractivity contribution is -0.122. The van der Waals surface area contributed by atoms with E-state index in [1.807, 2.05) is 24.4 Å². The fourth-order valence-corrected chi connectivity index (χ4v) is 3.29. The highest BCUT2D eigenvalue weighted by molar-refractivity contribution is 6.35. The number of para-hydroxylation sites is 1. The lowest BCUT2D eigenvalue weighted by atomic mass is 10.1. The maximum absolute atomic E-state index is 12.2. The Kier molecular flexibility index (Phi) is 7.35. The number of amides is 1. The quantitative estimate of drug-likeness (QED) is 0.570. The van der Waals surface area contributed by atoms with Crippen LogP contribution in [-0.2, 0) is 17.6 Å². The van der Waals surface area contributed by atoms with E-state index in [-0.39, 0.29) is 18.3 Å². The highest BCUT2D eigenvalue weighted by Gasteiger charge is 2.15. The van der Waals surface area contributed by atoms with E-state index < -0.39 is 6.04 Å². The average molecular weight is 413 g/mol. The summed E-state index contributed by atoms with van der Waals surface area (Å²) in [4.78, 5) is 15.4. The number of H-pyrrole nitrogens is 1. The first-order valence-corrected chi connectivity index (χ1v) is 8.82. The molecule has 1 amide bonds. The van der Waals surface area contributed by atoms with Gasteiger partial charge in [-0.2, -0.15) is 0 Å². The molecule has 1 aromatic heterocycles. The minimum absolute atomic E-state index is 0. The van der Waals surface area contributed by atoms with Crippen LogP contribution >= 0.6 is 35.6 Å². The molecular weight excluding hydrogens is 393 g/mol. The van der Waals surface area contributed by atoms with Gasteiger partial charge in [0.2, 0.25) is 5.91 Å². The molecule has 0 bridgehead atoms. The molecule has 0 aliphatic rings. The van der Waals surface area contributed by atoms with Crippen LogP contribution in [0.25, 0.3) is 10.9 Å². The first kappa shape index (κ1) is 20.6. The van der Waals surface area contributed by atoms with Gasteiger partial charge in [0.05, 0.1) is 6.04 Å². The monoisotopic (exact) mass is 411 g/mol. The summed E-state index contributed by atoms with van der Waals surface area (Å²) in [5.74, 6) is -0.189. The highest BCUT2D eigenvalue weighted by Crippen LogP contribution is 2.22. The molecule has 4 nitrogen and oxygen atoms in total. The maximum Gasteiger partial charge on any atom is 0.237 e. The summed E-state index contributed by atoms with van der Waals surface area (Å²) < 4.78 is 0. The van der Waals surface area contributed by atoms with Crippen LogP contribution < -0.4 is 11.1 Å². The number of halogens is 3. The molecule has 7 heteroatoms. The number of hydrogen-bond acceptors (Lipinski definition) is 2. The van der Waals surface area contributed by atoms with Gasteiger partial charge in [-0.05, 0) is 42.2 Å². The van der Waals surface area contributed by atoms with Crippen LogP contribution in [0.5, 0.6) is 0 Å². The first-order valence-electron chi connectivity index (χ1n) is 8.07. The van der Waals surface area contributed by atoms with Crippen LogP contribution in [0.4, 0.5) is 0 Å². The molecule has 4 N–H and O–H groups in total. The number of carbonyl (C=O) groups is 1. The van der Waals surface area contributed by atoms with Crippen molar-refractivity contribution in [3.8, 4) is 0 Å². The van der Waals surface area contributed by atoms with Crippen molar-refractivity contribution in [2.24, 2.45) is 5.73 Å². The largest absolute Gasteiger partial charge is 0.361 e. The van der Waals surface area contributed by atoms with E-state index in [1.54, 1.807) is 18.2 Å². The van der Waals surface area contributed by atoms with Gasteiger partial charge in [-0.1, -0.05) is 47.5 Å². The van der Waals surface area contributed by atoms with E-state index in [0.717, 1.165) is 17.5 Å². The Labute approximate surface area is 168 Å². The number of fused-ring (bicyclic) bond motifs is 1. The molecule has 3 aromatic rings. The topological polar surface area (TPSA) is 70.9 Å². The predicted molar refractivity (Wildman–Crippen MR) is 110 cm³/mol. The van der Waals surface area contributed by atoms with Crippen molar-refractivity contribution in [1.82, 2.24) is 10.3 Å². The van der Waals surface area contributed by atoms with Gasteiger partial charge in [0.1, 0.15) is 0 Å². The third kappa shape index (κ3) is 4.92. The summed E-state index contributed by atoms with van der Waals surface area (Å²) in [5.41, 5.74) is 9.07. The van der Waals surface area contributed by atoms with Crippen LogP contribution in [0.1, 0.15) is 11.1 Å². The molecule has 1 atom stereocenters. The summed E-state index contributed by atoms with van der Waals surface area (Å²) in [6.45, 7) is 0.530. The van der Waals surface area contributed by atoms with Crippen molar-refractivity contribution in [2.45, 2.75) is 18.9 Å². The van der Waals surface area contributed by atoms with Gasteiger partial charge in [-0.3, -0.25) is 4.79 Å². The molecule has 0 spiro atoms. The normalized spacial score (nSPS) is 11.8. The highest BCUT2D eigenvalue weighted by atomic mass is 35.5. The molecule has 0 aliphatic heterocycles. The number of nitrogens with one attached hydrogen (secondary N) is 2. The molecule has 0 saturated heterocycles. The Bertz CT molecular complexity index is 895. The van der Waals surface area contributed by atoms with E-state index in [1.165, 1.54) is 10.9 Å². The molecule has 0 aliphatic carbocycles. The zero-order valence-corrected chi connectivity index (χ0v) is 16.3. The standard InChI is InChI=1S/C19H19Cl2N3O.ClH/c20-14-6-5-12(16(21)10-14)9-17(22)19(25)23-8-7-13-11-24-18-4-2-1-3-15(13)18;/h1-6,10-11,17,24H,7-9,22H2,(H,23,25);1H/t17-;/m1./s1. The fraction of sp³-hybridized carbons (Fsp3) is 0.211. The summed E-state index contributed by atoms with van der Waals surface area (Å²) in [6.07, 6.45) is 3.09. The molecular formula is C19H20Cl3N3O. The third-order valence-corrected chi connectivity index (χ3v) is 4.75. The van der Waals surface area contributed by atoms with Gasteiger partial charge in [0.25, 0.3) is 0 Å². The summed E-state index contributed by atoms with van der Waals surface area (Å²) in [6, 6.07) is 12.6. The zero-order chi connectivity index (χ0) is 17.8. The molecule has 2 aromatic carbocycles. The maximum atomic E-state index is 12.2. The number of nitrogens with two attached hydrogens (primary N) is 1. The number of carbonyl (C=O) groups excluding carboxylic acids is 1. The van der Waals surface area contributed by atoms with Crippen molar-refractivity contribution in [2.75, 3.05) is 6.54 Å². The Morgan fingerprint density at radius 3 is 2.69 bits per heavy atom. The van der Waals surface area contributed by atoms with Crippen molar-refractivity contribution in [3.63, 3.8) is 0 Å². The molecule has 0 saturated carbocycles. The number of aromatic nitrogens is 1. The predicted octanol–water partition coefficient (Wildman–Crippen LogP) is 4.13. The van der Waals surface area contributed by atoms with Crippen LogP contribution in [0.3, 0.4) is 0 Å². The van der Waals surface area contributed by atoms with Crippen LogP contribution in [0, 0.1) is 0 Å². The van der Waals surface area contributed by atoms with Gasteiger partial charge in [0.15, 0.2) is 0 Å². The average Bonchev–Trinajstić information content (AvgIpc) is 3.00. The Morgan fingerprint density at radius 2 is 1.92 bits per heavy atom. The Morgan fingerprint density at radius 1 is 1.15 bits per heavy atom. The molecule has 1 heterocycles. The SMILES string of the molecule is Cl.N[C@H](Cc1ccc(Cl)cc1Cl)C(=O)NCCc1c[nH]c2ccccc12.